The minimum atomic E-state index is -1.11. The van der Waals surface area contributed by atoms with Crippen LogP contribution >= 0.6 is 11.6 Å². The van der Waals surface area contributed by atoms with Gasteiger partial charge in [-0.1, -0.05) is 55.8 Å². The SMILES string of the molecule is CC(C)c1cnc2c(N(C(=O)O)C(C)c3ccccc3)nc(Cl)cn12. The molecule has 0 aliphatic carbocycles. The quantitative estimate of drug-likeness (QED) is 0.730. The Balaban J connectivity index is 2.19. The molecule has 0 spiro atoms. The fourth-order valence-electron chi connectivity index (χ4n) is 2.87. The van der Waals surface area contributed by atoms with Crippen LogP contribution in [-0.2, 0) is 0 Å². The average Bonchev–Trinajstić information content (AvgIpc) is 2.99. The molecule has 1 unspecified atom stereocenters. The van der Waals surface area contributed by atoms with Gasteiger partial charge >= 0.3 is 6.09 Å². The number of benzene rings is 1. The molecule has 0 saturated heterocycles. The van der Waals surface area contributed by atoms with Gasteiger partial charge in [-0.25, -0.2) is 14.8 Å². The van der Waals surface area contributed by atoms with Crippen molar-refractivity contribution in [1.29, 1.82) is 0 Å². The Morgan fingerprint density at radius 2 is 1.92 bits per heavy atom. The molecule has 0 fully saturated rings. The van der Waals surface area contributed by atoms with Crippen molar-refractivity contribution in [3.8, 4) is 0 Å². The van der Waals surface area contributed by atoms with Crippen LogP contribution in [0, 0.1) is 0 Å². The summed E-state index contributed by atoms with van der Waals surface area (Å²) in [5.74, 6) is 0.439. The number of imidazole rings is 1. The molecule has 1 amide bonds. The number of fused-ring (bicyclic) bond motifs is 1. The van der Waals surface area contributed by atoms with Crippen LogP contribution in [-0.4, -0.2) is 25.6 Å². The van der Waals surface area contributed by atoms with Gasteiger partial charge in [0.05, 0.1) is 6.04 Å². The second-order valence-electron chi connectivity index (χ2n) is 6.16. The zero-order valence-corrected chi connectivity index (χ0v) is 15.0. The first kappa shape index (κ1) is 17.2. The van der Waals surface area contributed by atoms with E-state index in [9.17, 15) is 9.90 Å². The highest BCUT2D eigenvalue weighted by molar-refractivity contribution is 6.29. The molecular formula is C18H19ClN4O2. The first-order valence-electron chi connectivity index (χ1n) is 8.00. The number of hydrogen-bond acceptors (Lipinski definition) is 3. The second-order valence-corrected chi connectivity index (χ2v) is 6.55. The minimum Gasteiger partial charge on any atom is -0.465 e. The van der Waals surface area contributed by atoms with Gasteiger partial charge in [-0.3, -0.25) is 9.30 Å². The number of carbonyl (C=O) groups is 1. The summed E-state index contributed by atoms with van der Waals surface area (Å²) in [6, 6.07) is 8.97. The number of nitrogens with zero attached hydrogens (tertiary/aromatic N) is 4. The molecule has 1 aromatic carbocycles. The van der Waals surface area contributed by atoms with Crippen molar-refractivity contribution in [2.45, 2.75) is 32.7 Å². The van der Waals surface area contributed by atoms with E-state index in [0.29, 0.717) is 5.65 Å². The molecule has 130 valence electrons. The summed E-state index contributed by atoms with van der Waals surface area (Å²) in [5, 5.41) is 10.0. The van der Waals surface area contributed by atoms with E-state index in [2.05, 4.69) is 9.97 Å². The Bertz CT molecular complexity index is 908. The fourth-order valence-corrected chi connectivity index (χ4v) is 3.05. The van der Waals surface area contributed by atoms with E-state index in [1.54, 1.807) is 12.4 Å². The summed E-state index contributed by atoms with van der Waals surface area (Å²) >= 11 is 6.18. The van der Waals surface area contributed by atoms with Gasteiger partial charge in [-0.2, -0.15) is 0 Å². The maximum absolute atomic E-state index is 12.0. The van der Waals surface area contributed by atoms with Gasteiger partial charge in [0.1, 0.15) is 5.15 Å². The molecule has 1 atom stereocenters. The monoisotopic (exact) mass is 358 g/mol. The van der Waals surface area contributed by atoms with Crippen molar-refractivity contribution in [3.63, 3.8) is 0 Å². The van der Waals surface area contributed by atoms with Crippen LogP contribution in [0.25, 0.3) is 5.65 Å². The summed E-state index contributed by atoms with van der Waals surface area (Å²) in [7, 11) is 0. The molecule has 0 aliphatic heterocycles. The van der Waals surface area contributed by atoms with E-state index in [-0.39, 0.29) is 16.9 Å². The third-order valence-corrected chi connectivity index (χ3v) is 4.35. The highest BCUT2D eigenvalue weighted by Gasteiger charge is 2.28. The first-order valence-corrected chi connectivity index (χ1v) is 8.38. The standard InChI is InChI=1S/C18H19ClN4O2/c1-11(2)14-9-20-16-17(21-15(19)10-22(14)16)23(18(24)25)12(3)13-7-5-4-6-8-13/h4-12H,1-3H3,(H,24,25). The van der Waals surface area contributed by atoms with E-state index in [1.165, 1.54) is 4.90 Å². The summed E-state index contributed by atoms with van der Waals surface area (Å²) < 4.78 is 1.81. The molecule has 3 rings (SSSR count). The van der Waals surface area contributed by atoms with Gasteiger partial charge < -0.3 is 5.11 Å². The summed E-state index contributed by atoms with van der Waals surface area (Å²) in [6.07, 6.45) is 2.28. The molecule has 0 radical (unpaired) electrons. The number of aromatic nitrogens is 3. The van der Waals surface area contributed by atoms with Crippen LogP contribution in [0.15, 0.2) is 42.7 Å². The maximum atomic E-state index is 12.0. The van der Waals surface area contributed by atoms with Crippen LogP contribution in [0.3, 0.4) is 0 Å². The Morgan fingerprint density at radius 1 is 1.24 bits per heavy atom. The summed E-state index contributed by atoms with van der Waals surface area (Å²) in [4.78, 5) is 21.9. The van der Waals surface area contributed by atoms with Gasteiger partial charge in [0.25, 0.3) is 0 Å². The Labute approximate surface area is 150 Å². The topological polar surface area (TPSA) is 70.7 Å². The largest absolute Gasteiger partial charge is 0.465 e. The van der Waals surface area contributed by atoms with E-state index < -0.39 is 12.1 Å². The zero-order chi connectivity index (χ0) is 18.1. The number of amides is 1. The van der Waals surface area contributed by atoms with E-state index in [4.69, 9.17) is 11.6 Å². The Kier molecular flexibility index (Phi) is 4.63. The lowest BCUT2D eigenvalue weighted by atomic mass is 10.1. The molecule has 1 N–H and O–H groups in total. The number of halogens is 1. The molecule has 0 bridgehead atoms. The third kappa shape index (κ3) is 3.17. The second kappa shape index (κ2) is 6.72. The lowest BCUT2D eigenvalue weighted by Crippen LogP contribution is -2.33. The predicted molar refractivity (Wildman–Crippen MR) is 97.4 cm³/mol. The third-order valence-electron chi connectivity index (χ3n) is 4.17. The van der Waals surface area contributed by atoms with Gasteiger partial charge in [0, 0.05) is 18.1 Å². The predicted octanol–water partition coefficient (Wildman–Crippen LogP) is 4.75. The lowest BCUT2D eigenvalue weighted by molar-refractivity contribution is 0.199. The highest BCUT2D eigenvalue weighted by atomic mass is 35.5. The summed E-state index contributed by atoms with van der Waals surface area (Å²) in [5.41, 5.74) is 2.27. The van der Waals surface area contributed by atoms with Crippen LogP contribution in [0.4, 0.5) is 10.6 Å². The smallest absolute Gasteiger partial charge is 0.413 e. The van der Waals surface area contributed by atoms with E-state index in [1.807, 2.05) is 55.5 Å². The van der Waals surface area contributed by atoms with Crippen LogP contribution in [0.1, 0.15) is 44.0 Å². The van der Waals surface area contributed by atoms with E-state index in [0.717, 1.165) is 11.3 Å². The number of carboxylic acid groups (broad SMARTS) is 1. The molecule has 6 nitrogen and oxygen atoms in total. The van der Waals surface area contributed by atoms with E-state index >= 15 is 0 Å². The first-order chi connectivity index (χ1) is 11.9. The molecule has 0 saturated carbocycles. The lowest BCUT2D eigenvalue weighted by Gasteiger charge is -2.26. The average molecular weight is 359 g/mol. The Morgan fingerprint density at radius 3 is 2.52 bits per heavy atom. The van der Waals surface area contributed by atoms with Crippen LogP contribution < -0.4 is 4.90 Å². The van der Waals surface area contributed by atoms with Gasteiger partial charge in [-0.15, -0.1) is 0 Å². The van der Waals surface area contributed by atoms with Crippen LogP contribution in [0.5, 0.6) is 0 Å². The molecule has 25 heavy (non-hydrogen) atoms. The summed E-state index contributed by atoms with van der Waals surface area (Å²) in [6.45, 7) is 5.90. The normalized spacial score (nSPS) is 12.5. The number of anilines is 1. The molecule has 0 aliphatic rings. The highest BCUT2D eigenvalue weighted by Crippen LogP contribution is 2.31. The van der Waals surface area contributed by atoms with Gasteiger partial charge in [0.2, 0.25) is 0 Å². The van der Waals surface area contributed by atoms with Gasteiger partial charge in [-0.05, 0) is 18.4 Å². The van der Waals surface area contributed by atoms with Crippen molar-refractivity contribution >= 4 is 29.2 Å². The molecule has 3 aromatic rings. The zero-order valence-electron chi connectivity index (χ0n) is 14.2. The molecule has 2 heterocycles. The van der Waals surface area contributed by atoms with Crippen LogP contribution in [0.2, 0.25) is 5.15 Å². The van der Waals surface area contributed by atoms with Crippen molar-refractivity contribution in [2.75, 3.05) is 4.90 Å². The minimum absolute atomic E-state index is 0.214. The van der Waals surface area contributed by atoms with Crippen molar-refractivity contribution in [1.82, 2.24) is 14.4 Å². The number of hydrogen-bond donors (Lipinski definition) is 1. The Hall–Kier alpha value is -2.60. The van der Waals surface area contributed by atoms with Crippen molar-refractivity contribution in [3.05, 3.63) is 59.1 Å². The van der Waals surface area contributed by atoms with Gasteiger partial charge in [0.15, 0.2) is 11.5 Å². The molecule has 7 heteroatoms. The fraction of sp³-hybridized carbons (Fsp3) is 0.278. The molecule has 2 aromatic heterocycles. The molecular weight excluding hydrogens is 340 g/mol. The maximum Gasteiger partial charge on any atom is 0.413 e. The number of rotatable bonds is 4. The van der Waals surface area contributed by atoms with Crippen molar-refractivity contribution < 1.29 is 9.90 Å². The van der Waals surface area contributed by atoms with Crippen molar-refractivity contribution in [2.24, 2.45) is 0 Å².